The standard InChI is InChI=1S/C17H25N5O6S.HI/c1-12-10-21(11-15(12)16(23)28-3)17(18-2)19-7-8-20-29(26,27)14-6-4-5-13(9-14)22(24)25;/h4-6,9,12,15,20H,7-8,10-11H2,1-3H3,(H,18,19);1H. The molecule has 0 spiro atoms. The molecule has 1 aromatic rings. The van der Waals surface area contributed by atoms with Gasteiger partial charge in [0.1, 0.15) is 0 Å². The lowest BCUT2D eigenvalue weighted by molar-refractivity contribution is -0.385. The van der Waals surface area contributed by atoms with Crippen LogP contribution in [0, 0.1) is 22.0 Å². The number of nitro benzene ring substituents is 1. The number of carbonyl (C=O) groups excluding carboxylic acids is 1. The molecule has 1 fully saturated rings. The van der Waals surface area contributed by atoms with Crippen molar-refractivity contribution in [2.24, 2.45) is 16.8 Å². The number of nitrogens with one attached hydrogen (secondary N) is 2. The first kappa shape index (κ1) is 26.0. The number of aliphatic imine (C=N–C) groups is 1. The Morgan fingerprint density at radius 1 is 1.37 bits per heavy atom. The molecule has 2 N–H and O–H groups in total. The maximum Gasteiger partial charge on any atom is 0.310 e. The fraction of sp³-hybridized carbons (Fsp3) is 0.529. The molecule has 1 aliphatic heterocycles. The number of nitro groups is 1. The number of likely N-dealkylation sites (tertiary alicyclic amines) is 1. The number of esters is 1. The molecule has 1 saturated heterocycles. The number of nitrogens with zero attached hydrogens (tertiary/aromatic N) is 3. The predicted octanol–water partition coefficient (Wildman–Crippen LogP) is 0.807. The summed E-state index contributed by atoms with van der Waals surface area (Å²) in [6.07, 6.45) is 0. The Morgan fingerprint density at radius 3 is 2.67 bits per heavy atom. The molecule has 0 bridgehead atoms. The lowest BCUT2D eigenvalue weighted by Gasteiger charge is -2.21. The molecule has 30 heavy (non-hydrogen) atoms. The van der Waals surface area contributed by atoms with E-state index < -0.39 is 14.9 Å². The summed E-state index contributed by atoms with van der Waals surface area (Å²) in [5.74, 6) is 0.150. The summed E-state index contributed by atoms with van der Waals surface area (Å²) in [5, 5.41) is 13.9. The van der Waals surface area contributed by atoms with Crippen LogP contribution in [0.4, 0.5) is 5.69 Å². The highest BCUT2D eigenvalue weighted by atomic mass is 127. The SMILES string of the molecule is CN=C(NCCNS(=O)(=O)c1cccc([N+](=O)[O-])c1)N1CC(C)C(C(=O)OC)C1.I. The van der Waals surface area contributed by atoms with Crippen molar-refractivity contribution in [3.63, 3.8) is 0 Å². The van der Waals surface area contributed by atoms with Gasteiger partial charge in [0.15, 0.2) is 5.96 Å². The van der Waals surface area contributed by atoms with Crippen LogP contribution in [0.25, 0.3) is 0 Å². The van der Waals surface area contributed by atoms with Gasteiger partial charge in [-0.25, -0.2) is 13.1 Å². The number of rotatable bonds is 7. The van der Waals surface area contributed by atoms with Gasteiger partial charge in [0.25, 0.3) is 5.69 Å². The van der Waals surface area contributed by atoms with Gasteiger partial charge in [0.2, 0.25) is 10.0 Å². The molecule has 2 rings (SSSR count). The molecular formula is C17H26IN5O6S. The summed E-state index contributed by atoms with van der Waals surface area (Å²) >= 11 is 0. The Labute approximate surface area is 192 Å². The monoisotopic (exact) mass is 555 g/mol. The van der Waals surface area contributed by atoms with Crippen LogP contribution in [0.1, 0.15) is 6.92 Å². The van der Waals surface area contributed by atoms with Crippen LogP contribution in [0.5, 0.6) is 0 Å². The summed E-state index contributed by atoms with van der Waals surface area (Å²) in [7, 11) is -0.919. The van der Waals surface area contributed by atoms with E-state index >= 15 is 0 Å². The minimum atomic E-state index is -3.88. The molecule has 168 valence electrons. The third-order valence-corrected chi connectivity index (χ3v) is 6.13. The normalized spacial score (nSPS) is 19.2. The van der Waals surface area contributed by atoms with Gasteiger partial charge in [-0.15, -0.1) is 24.0 Å². The van der Waals surface area contributed by atoms with Crippen molar-refractivity contribution in [1.29, 1.82) is 0 Å². The highest BCUT2D eigenvalue weighted by Gasteiger charge is 2.36. The second-order valence-corrected chi connectivity index (χ2v) is 8.41. The van der Waals surface area contributed by atoms with Crippen LogP contribution in [0.3, 0.4) is 0 Å². The van der Waals surface area contributed by atoms with Crippen LogP contribution in [-0.2, 0) is 19.6 Å². The fourth-order valence-electron chi connectivity index (χ4n) is 3.14. The average molecular weight is 555 g/mol. The Kier molecular flexibility index (Phi) is 9.90. The van der Waals surface area contributed by atoms with Gasteiger partial charge in [-0.1, -0.05) is 13.0 Å². The zero-order valence-corrected chi connectivity index (χ0v) is 20.0. The number of sulfonamides is 1. The number of carbonyl (C=O) groups is 1. The van der Waals surface area contributed by atoms with E-state index in [-0.39, 0.29) is 65.5 Å². The number of non-ortho nitro benzene ring substituents is 1. The number of methoxy groups -OCH3 is 1. The first-order chi connectivity index (χ1) is 13.7. The van der Waals surface area contributed by atoms with E-state index in [1.807, 2.05) is 11.8 Å². The van der Waals surface area contributed by atoms with E-state index in [9.17, 15) is 23.3 Å². The topological polar surface area (TPSA) is 143 Å². The van der Waals surface area contributed by atoms with E-state index in [4.69, 9.17) is 4.74 Å². The Morgan fingerprint density at radius 2 is 2.07 bits per heavy atom. The number of halogens is 1. The third-order valence-electron chi connectivity index (χ3n) is 4.67. The van der Waals surface area contributed by atoms with E-state index in [1.54, 1.807) is 7.05 Å². The molecule has 2 unspecified atom stereocenters. The molecule has 1 aliphatic rings. The zero-order chi connectivity index (χ0) is 21.6. The van der Waals surface area contributed by atoms with Crippen LogP contribution in [0.2, 0.25) is 0 Å². The molecule has 0 radical (unpaired) electrons. The van der Waals surface area contributed by atoms with Crippen LogP contribution < -0.4 is 10.0 Å². The fourth-order valence-corrected chi connectivity index (χ4v) is 4.21. The summed E-state index contributed by atoms with van der Waals surface area (Å²) in [4.78, 5) is 27.9. The van der Waals surface area contributed by atoms with Crippen LogP contribution >= 0.6 is 24.0 Å². The first-order valence-corrected chi connectivity index (χ1v) is 10.5. The minimum Gasteiger partial charge on any atom is -0.469 e. The maximum atomic E-state index is 12.3. The van der Waals surface area contributed by atoms with Gasteiger partial charge in [-0.2, -0.15) is 0 Å². The molecule has 1 heterocycles. The molecule has 11 nitrogen and oxygen atoms in total. The van der Waals surface area contributed by atoms with E-state index in [0.717, 1.165) is 6.07 Å². The van der Waals surface area contributed by atoms with Crippen molar-refractivity contribution in [2.75, 3.05) is 40.3 Å². The van der Waals surface area contributed by atoms with Crippen molar-refractivity contribution in [2.45, 2.75) is 11.8 Å². The largest absolute Gasteiger partial charge is 0.469 e. The van der Waals surface area contributed by atoms with Crippen molar-refractivity contribution in [3.8, 4) is 0 Å². The molecule has 0 amide bonds. The van der Waals surface area contributed by atoms with Gasteiger partial charge < -0.3 is 15.0 Å². The highest BCUT2D eigenvalue weighted by Crippen LogP contribution is 2.24. The highest BCUT2D eigenvalue weighted by molar-refractivity contribution is 14.0. The third kappa shape index (κ3) is 6.50. The number of benzene rings is 1. The summed E-state index contributed by atoms with van der Waals surface area (Å²) in [6, 6.07) is 4.84. The average Bonchev–Trinajstić information content (AvgIpc) is 3.08. The van der Waals surface area contributed by atoms with Gasteiger partial charge >= 0.3 is 5.97 Å². The van der Waals surface area contributed by atoms with Crippen LogP contribution in [-0.4, -0.2) is 70.5 Å². The molecule has 2 atom stereocenters. The van der Waals surface area contributed by atoms with E-state index in [0.29, 0.717) is 19.0 Å². The first-order valence-electron chi connectivity index (χ1n) is 8.97. The molecule has 0 aliphatic carbocycles. The predicted molar refractivity (Wildman–Crippen MR) is 121 cm³/mol. The molecule has 13 heteroatoms. The second kappa shape index (κ2) is 11.4. The maximum absolute atomic E-state index is 12.3. The van der Waals surface area contributed by atoms with Gasteiger partial charge in [0, 0.05) is 45.4 Å². The van der Waals surface area contributed by atoms with Gasteiger partial charge in [0.05, 0.1) is 22.8 Å². The van der Waals surface area contributed by atoms with Gasteiger partial charge in [-0.05, 0) is 12.0 Å². The zero-order valence-electron chi connectivity index (χ0n) is 16.9. The lowest BCUT2D eigenvalue weighted by atomic mass is 9.99. The van der Waals surface area contributed by atoms with E-state index in [1.165, 1.54) is 25.3 Å². The second-order valence-electron chi connectivity index (χ2n) is 6.64. The van der Waals surface area contributed by atoms with Crippen molar-refractivity contribution in [3.05, 3.63) is 34.4 Å². The molecule has 1 aromatic carbocycles. The summed E-state index contributed by atoms with van der Waals surface area (Å²) < 4.78 is 31.9. The summed E-state index contributed by atoms with van der Waals surface area (Å²) in [6.45, 7) is 3.34. The van der Waals surface area contributed by atoms with Gasteiger partial charge in [-0.3, -0.25) is 19.9 Å². The Bertz CT molecular complexity index is 894. The Balaban J connectivity index is 0.00000450. The Hall–Kier alpha value is -2.00. The molecule has 0 saturated carbocycles. The number of guanidine groups is 1. The number of hydrogen-bond donors (Lipinski definition) is 2. The van der Waals surface area contributed by atoms with E-state index in [2.05, 4.69) is 15.0 Å². The smallest absolute Gasteiger partial charge is 0.310 e. The lowest BCUT2D eigenvalue weighted by Crippen LogP contribution is -2.43. The van der Waals surface area contributed by atoms with Crippen LogP contribution in [0.15, 0.2) is 34.2 Å². The van der Waals surface area contributed by atoms with Crippen molar-refractivity contribution < 1.29 is 22.9 Å². The molecular weight excluding hydrogens is 529 g/mol. The quantitative estimate of drug-likeness (QED) is 0.0958. The minimum absolute atomic E-state index is 0. The number of ether oxygens (including phenoxy) is 1. The number of hydrogen-bond acceptors (Lipinski definition) is 7. The molecule has 0 aromatic heterocycles. The van der Waals surface area contributed by atoms with Crippen molar-refractivity contribution in [1.82, 2.24) is 14.9 Å². The summed E-state index contributed by atoms with van der Waals surface area (Å²) in [5.41, 5.74) is -0.297. The van der Waals surface area contributed by atoms with Crippen molar-refractivity contribution >= 4 is 51.6 Å².